The van der Waals surface area contributed by atoms with Crippen LogP contribution in [0.2, 0.25) is 5.15 Å². The third kappa shape index (κ3) is 4.00. The first-order valence-corrected chi connectivity index (χ1v) is 4.46. The van der Waals surface area contributed by atoms with Crippen LogP contribution in [0.15, 0.2) is 18.2 Å². The molecule has 1 N–H and O–H groups in total. The van der Waals surface area contributed by atoms with Crippen LogP contribution in [0.1, 0.15) is 12.6 Å². The topological polar surface area (TPSA) is 54.9 Å². The zero-order valence-electron chi connectivity index (χ0n) is 7.70. The Morgan fingerprint density at radius 2 is 2.36 bits per heavy atom. The fourth-order valence-electron chi connectivity index (χ4n) is 0.798. The van der Waals surface area contributed by atoms with Crippen molar-refractivity contribution in [1.82, 2.24) is 15.5 Å². The number of rotatable bonds is 3. The monoisotopic (exact) mass is 211 g/mol. The van der Waals surface area contributed by atoms with Crippen LogP contribution < -0.4 is 5.32 Å². The summed E-state index contributed by atoms with van der Waals surface area (Å²) in [6.07, 6.45) is 3.55. The first kappa shape index (κ1) is 10.7. The minimum atomic E-state index is -0.0585. The summed E-state index contributed by atoms with van der Waals surface area (Å²) < 4.78 is 0. The number of aromatic nitrogens is 2. The molecule has 0 aliphatic heterocycles. The van der Waals surface area contributed by atoms with Crippen molar-refractivity contribution in [1.29, 1.82) is 0 Å². The van der Waals surface area contributed by atoms with Gasteiger partial charge in [-0.15, -0.1) is 10.2 Å². The minimum absolute atomic E-state index is 0.0585. The van der Waals surface area contributed by atoms with Crippen LogP contribution in [0, 0.1) is 0 Å². The molecule has 0 bridgehead atoms. The number of hydrogen-bond acceptors (Lipinski definition) is 3. The van der Waals surface area contributed by atoms with Gasteiger partial charge in [-0.25, -0.2) is 0 Å². The smallest absolute Gasteiger partial charge is 0.217 e. The van der Waals surface area contributed by atoms with Crippen LogP contribution in [0.3, 0.4) is 0 Å². The molecule has 0 fully saturated rings. The lowest BCUT2D eigenvalue weighted by Crippen LogP contribution is -2.19. The predicted octanol–water partition coefficient (Wildman–Crippen LogP) is 1.28. The standard InChI is InChI=1S/C9H10ClN3O/c1-7(14)11-6-2-3-8-4-5-9(10)13-12-8/h2-5H,6H2,1H3,(H,11,14). The molecule has 1 aromatic rings. The maximum absolute atomic E-state index is 10.5. The summed E-state index contributed by atoms with van der Waals surface area (Å²) in [7, 11) is 0. The fourth-order valence-corrected chi connectivity index (χ4v) is 0.898. The average Bonchev–Trinajstić information content (AvgIpc) is 2.15. The molecule has 0 saturated heterocycles. The number of amides is 1. The molecule has 0 saturated carbocycles. The normalized spacial score (nSPS) is 10.4. The molecular formula is C9H10ClN3O. The number of carbonyl (C=O) groups excluding carboxylic acids is 1. The van der Waals surface area contributed by atoms with Gasteiger partial charge in [-0.3, -0.25) is 4.79 Å². The summed E-state index contributed by atoms with van der Waals surface area (Å²) in [6, 6.07) is 3.41. The lowest BCUT2D eigenvalue weighted by atomic mass is 10.3. The van der Waals surface area contributed by atoms with E-state index >= 15 is 0 Å². The third-order valence-corrected chi connectivity index (χ3v) is 1.61. The highest BCUT2D eigenvalue weighted by Gasteiger charge is 1.90. The van der Waals surface area contributed by atoms with Crippen LogP contribution in [0.4, 0.5) is 0 Å². The molecule has 0 radical (unpaired) electrons. The van der Waals surface area contributed by atoms with E-state index in [1.54, 1.807) is 24.3 Å². The summed E-state index contributed by atoms with van der Waals surface area (Å²) in [5.74, 6) is -0.0585. The lowest BCUT2D eigenvalue weighted by molar-refractivity contribution is -0.118. The first-order chi connectivity index (χ1) is 6.68. The van der Waals surface area contributed by atoms with Crippen molar-refractivity contribution in [2.24, 2.45) is 0 Å². The maximum atomic E-state index is 10.5. The Morgan fingerprint density at radius 3 is 2.93 bits per heavy atom. The second kappa shape index (κ2) is 5.34. The highest BCUT2D eigenvalue weighted by atomic mass is 35.5. The lowest BCUT2D eigenvalue weighted by Gasteiger charge is -1.94. The molecule has 1 aromatic heterocycles. The quantitative estimate of drug-likeness (QED) is 0.820. The second-order valence-electron chi connectivity index (χ2n) is 2.62. The molecule has 0 atom stereocenters. The molecule has 1 heterocycles. The van der Waals surface area contributed by atoms with Crippen LogP contribution in [0.25, 0.3) is 6.08 Å². The van der Waals surface area contributed by atoms with Gasteiger partial charge in [0.25, 0.3) is 0 Å². The van der Waals surface area contributed by atoms with Crippen LogP contribution in [-0.2, 0) is 4.79 Å². The van der Waals surface area contributed by atoms with Crippen molar-refractivity contribution in [3.8, 4) is 0 Å². The number of nitrogens with one attached hydrogen (secondary N) is 1. The van der Waals surface area contributed by atoms with E-state index in [9.17, 15) is 4.79 Å². The summed E-state index contributed by atoms with van der Waals surface area (Å²) >= 11 is 5.56. The van der Waals surface area contributed by atoms with Crippen molar-refractivity contribution in [2.45, 2.75) is 6.92 Å². The van der Waals surface area contributed by atoms with E-state index < -0.39 is 0 Å². The molecule has 14 heavy (non-hydrogen) atoms. The molecule has 0 aliphatic rings. The molecule has 74 valence electrons. The van der Waals surface area contributed by atoms with Gasteiger partial charge < -0.3 is 5.32 Å². The van der Waals surface area contributed by atoms with Gasteiger partial charge in [0.2, 0.25) is 5.91 Å². The zero-order valence-corrected chi connectivity index (χ0v) is 8.45. The van der Waals surface area contributed by atoms with Crippen molar-refractivity contribution in [3.63, 3.8) is 0 Å². The van der Waals surface area contributed by atoms with Gasteiger partial charge in [0, 0.05) is 13.5 Å². The Kier molecular flexibility index (Phi) is 4.07. The summed E-state index contributed by atoms with van der Waals surface area (Å²) in [5.41, 5.74) is 0.708. The Balaban J connectivity index is 2.44. The predicted molar refractivity (Wildman–Crippen MR) is 54.8 cm³/mol. The highest BCUT2D eigenvalue weighted by molar-refractivity contribution is 6.29. The molecule has 0 aliphatic carbocycles. The van der Waals surface area contributed by atoms with E-state index in [1.165, 1.54) is 6.92 Å². The molecule has 0 spiro atoms. The molecular weight excluding hydrogens is 202 g/mol. The molecule has 1 rings (SSSR count). The van der Waals surface area contributed by atoms with E-state index in [2.05, 4.69) is 15.5 Å². The van der Waals surface area contributed by atoms with Gasteiger partial charge >= 0.3 is 0 Å². The van der Waals surface area contributed by atoms with E-state index in [0.717, 1.165) is 0 Å². The molecule has 0 aromatic carbocycles. The number of nitrogens with zero attached hydrogens (tertiary/aromatic N) is 2. The van der Waals surface area contributed by atoms with Crippen LogP contribution >= 0.6 is 11.6 Å². The number of halogens is 1. The van der Waals surface area contributed by atoms with Gasteiger partial charge in [-0.1, -0.05) is 17.7 Å². The molecule has 4 nitrogen and oxygen atoms in total. The van der Waals surface area contributed by atoms with Gasteiger partial charge in [-0.2, -0.15) is 0 Å². The fraction of sp³-hybridized carbons (Fsp3) is 0.222. The van der Waals surface area contributed by atoms with Gasteiger partial charge in [0.15, 0.2) is 5.15 Å². The summed E-state index contributed by atoms with van der Waals surface area (Å²) in [6.45, 7) is 1.95. The Bertz CT molecular complexity index is 334. The second-order valence-corrected chi connectivity index (χ2v) is 3.01. The van der Waals surface area contributed by atoms with E-state index in [-0.39, 0.29) is 5.91 Å². The van der Waals surface area contributed by atoms with Gasteiger partial charge in [0.05, 0.1) is 5.69 Å². The maximum Gasteiger partial charge on any atom is 0.217 e. The zero-order chi connectivity index (χ0) is 10.4. The van der Waals surface area contributed by atoms with Crippen molar-refractivity contribution in [3.05, 3.63) is 29.1 Å². The Morgan fingerprint density at radius 1 is 1.57 bits per heavy atom. The van der Waals surface area contributed by atoms with E-state index in [0.29, 0.717) is 17.4 Å². The van der Waals surface area contributed by atoms with Crippen LogP contribution in [-0.4, -0.2) is 22.6 Å². The number of carbonyl (C=O) groups is 1. The van der Waals surface area contributed by atoms with Gasteiger partial charge in [-0.05, 0) is 18.2 Å². The van der Waals surface area contributed by atoms with Crippen molar-refractivity contribution >= 4 is 23.6 Å². The van der Waals surface area contributed by atoms with E-state index in [4.69, 9.17) is 11.6 Å². The SMILES string of the molecule is CC(=O)NCC=Cc1ccc(Cl)nn1. The average molecular weight is 212 g/mol. The van der Waals surface area contributed by atoms with Gasteiger partial charge in [0.1, 0.15) is 0 Å². The third-order valence-electron chi connectivity index (χ3n) is 1.41. The largest absolute Gasteiger partial charge is 0.353 e. The van der Waals surface area contributed by atoms with Crippen molar-refractivity contribution < 1.29 is 4.79 Å². The molecule has 5 heteroatoms. The molecule has 1 amide bonds. The summed E-state index contributed by atoms with van der Waals surface area (Å²) in [4.78, 5) is 10.5. The van der Waals surface area contributed by atoms with Crippen LogP contribution in [0.5, 0.6) is 0 Å². The van der Waals surface area contributed by atoms with E-state index in [1.807, 2.05) is 0 Å². The molecule has 0 unspecified atom stereocenters. The number of hydrogen-bond donors (Lipinski definition) is 1. The first-order valence-electron chi connectivity index (χ1n) is 4.08. The van der Waals surface area contributed by atoms with Crippen molar-refractivity contribution in [2.75, 3.05) is 6.54 Å². The Hall–Kier alpha value is -1.42. The minimum Gasteiger partial charge on any atom is -0.353 e. The summed E-state index contributed by atoms with van der Waals surface area (Å²) in [5, 5.41) is 10.5. The Labute approximate surface area is 87.0 Å². The highest BCUT2D eigenvalue weighted by Crippen LogP contribution is 2.02.